The number of thiocarbonyl (C=S) groups is 2. The van der Waals surface area contributed by atoms with Gasteiger partial charge >= 0.3 is 0 Å². The van der Waals surface area contributed by atoms with E-state index in [9.17, 15) is 19.2 Å². The predicted octanol–water partition coefficient (Wildman–Crippen LogP) is 2.72. The number of nitrogens with zero attached hydrogens (tertiary/aromatic N) is 4. The third kappa shape index (κ3) is 5.66. The molecule has 4 heterocycles. The van der Waals surface area contributed by atoms with E-state index < -0.39 is 0 Å². The van der Waals surface area contributed by atoms with Gasteiger partial charge in [-0.25, -0.2) is 0 Å². The molecule has 4 fully saturated rings. The summed E-state index contributed by atoms with van der Waals surface area (Å²) in [6.45, 7) is 3.96. The van der Waals surface area contributed by atoms with E-state index >= 15 is 0 Å². The molecule has 0 bridgehead atoms. The van der Waals surface area contributed by atoms with Crippen molar-refractivity contribution in [3.8, 4) is 0 Å². The summed E-state index contributed by atoms with van der Waals surface area (Å²) in [5.41, 5.74) is 0. The van der Waals surface area contributed by atoms with Crippen molar-refractivity contribution in [2.24, 2.45) is 0 Å². The van der Waals surface area contributed by atoms with Crippen LogP contribution in [-0.2, 0) is 19.2 Å². The molecule has 4 amide bonds. The topological polar surface area (TPSA) is 81.2 Å². The predicted molar refractivity (Wildman–Crippen MR) is 141 cm³/mol. The molecule has 8 nitrogen and oxygen atoms in total. The first kappa shape index (κ1) is 25.6. The highest BCUT2D eigenvalue weighted by Crippen LogP contribution is 2.42. The molecule has 4 aliphatic heterocycles. The van der Waals surface area contributed by atoms with Crippen LogP contribution in [-0.4, -0.2) is 91.1 Å². The van der Waals surface area contributed by atoms with Crippen molar-refractivity contribution in [2.45, 2.75) is 51.4 Å². The van der Waals surface area contributed by atoms with E-state index in [0.29, 0.717) is 57.2 Å². The smallest absolute Gasteiger partial charge is 0.267 e. The number of thioether (sulfide) groups is 2. The number of rotatable bonds is 8. The Kier molecular flexibility index (Phi) is 8.65. The third-order valence-electron chi connectivity index (χ3n) is 6.37. The van der Waals surface area contributed by atoms with E-state index in [1.165, 1.54) is 9.80 Å². The highest BCUT2D eigenvalue weighted by molar-refractivity contribution is 8.29. The zero-order valence-corrected chi connectivity index (χ0v) is 22.2. The fraction of sp³-hybridized carbons (Fsp3) is 0.636. The summed E-state index contributed by atoms with van der Waals surface area (Å²) in [6, 6.07) is 0. The average Bonchev–Trinajstić information content (AvgIpc) is 3.61. The van der Waals surface area contributed by atoms with Crippen molar-refractivity contribution in [3.63, 3.8) is 0 Å². The van der Waals surface area contributed by atoms with Crippen LogP contribution in [0.25, 0.3) is 0 Å². The number of likely N-dealkylation sites (tertiary alicyclic amines) is 2. The van der Waals surface area contributed by atoms with Crippen LogP contribution in [0, 0.1) is 0 Å². The van der Waals surface area contributed by atoms with E-state index in [1.807, 2.05) is 9.80 Å². The molecule has 0 radical (unpaired) electrons. The number of carbonyl (C=O) groups excluding carboxylic acids is 4. The Morgan fingerprint density at radius 1 is 0.676 bits per heavy atom. The average molecular weight is 541 g/mol. The second kappa shape index (κ2) is 11.5. The first-order valence-electron chi connectivity index (χ1n) is 11.7. The van der Waals surface area contributed by atoms with Gasteiger partial charge in [-0.05, 0) is 38.5 Å². The van der Waals surface area contributed by atoms with Crippen LogP contribution in [0.1, 0.15) is 51.4 Å². The molecule has 4 aliphatic rings. The normalized spacial score (nSPS) is 23.3. The molecule has 184 valence electrons. The third-order valence-corrected chi connectivity index (χ3v) is 9.39. The van der Waals surface area contributed by atoms with Gasteiger partial charge < -0.3 is 9.80 Å². The van der Waals surface area contributed by atoms with Crippen LogP contribution in [0.5, 0.6) is 0 Å². The van der Waals surface area contributed by atoms with Gasteiger partial charge in [0.15, 0.2) is 0 Å². The highest BCUT2D eigenvalue weighted by atomic mass is 32.2. The number of hydrogen-bond donors (Lipinski definition) is 0. The Bertz CT molecular complexity index is 867. The molecule has 0 N–H and O–H groups in total. The highest BCUT2D eigenvalue weighted by Gasteiger charge is 2.41. The maximum atomic E-state index is 13.0. The van der Waals surface area contributed by atoms with Gasteiger partial charge in [-0.3, -0.25) is 29.0 Å². The molecule has 34 heavy (non-hydrogen) atoms. The molecule has 0 spiro atoms. The van der Waals surface area contributed by atoms with E-state index in [0.717, 1.165) is 75.4 Å². The zero-order chi connectivity index (χ0) is 24.2. The van der Waals surface area contributed by atoms with E-state index in [4.69, 9.17) is 24.4 Å². The van der Waals surface area contributed by atoms with Gasteiger partial charge in [-0.2, -0.15) is 0 Å². The first-order valence-corrected chi connectivity index (χ1v) is 14.2. The molecular weight excluding hydrogens is 513 g/mol. The molecule has 12 heteroatoms. The lowest BCUT2D eigenvalue weighted by Gasteiger charge is -2.17. The Balaban J connectivity index is 1.30. The number of carbonyl (C=O) groups is 4. The number of amides is 4. The fourth-order valence-electron chi connectivity index (χ4n) is 4.48. The molecule has 0 aromatic carbocycles. The molecule has 0 aromatic heterocycles. The summed E-state index contributed by atoms with van der Waals surface area (Å²) in [5, 5.41) is 0. The Morgan fingerprint density at radius 3 is 1.38 bits per heavy atom. The van der Waals surface area contributed by atoms with Crippen molar-refractivity contribution in [1.82, 2.24) is 19.6 Å². The summed E-state index contributed by atoms with van der Waals surface area (Å²) in [4.78, 5) is 57.9. The largest absolute Gasteiger partial charge is 0.343 e. The van der Waals surface area contributed by atoms with Crippen molar-refractivity contribution in [3.05, 3.63) is 9.81 Å². The van der Waals surface area contributed by atoms with E-state index in [-0.39, 0.29) is 23.6 Å². The minimum Gasteiger partial charge on any atom is -0.343 e. The number of hydrogen-bond acceptors (Lipinski definition) is 8. The quantitative estimate of drug-likeness (QED) is 0.344. The van der Waals surface area contributed by atoms with Crippen molar-refractivity contribution in [1.29, 1.82) is 0 Å². The Hall–Kier alpha value is -1.50. The van der Waals surface area contributed by atoms with Gasteiger partial charge in [-0.15, -0.1) is 0 Å². The van der Waals surface area contributed by atoms with E-state index in [1.54, 1.807) is 0 Å². The van der Waals surface area contributed by atoms with Crippen LogP contribution in [0.15, 0.2) is 9.81 Å². The lowest BCUT2D eigenvalue weighted by Crippen LogP contribution is -2.33. The van der Waals surface area contributed by atoms with Gasteiger partial charge in [0, 0.05) is 52.1 Å². The zero-order valence-electron chi connectivity index (χ0n) is 19.0. The SMILES string of the molecule is O=C(CCCN1C(=O)C(=C2SC(=S)N(CCCC(=O)N3CCCC3)C2=O)SC1=S)N1CCCC1. The standard InChI is InChI=1S/C22H28N4O4S4/c27-15(23-9-1-2-10-23)7-5-13-25-19(29)17(33-21(25)31)18-20(30)26(22(32)34-18)14-6-8-16(28)24-11-3-4-12-24/h1-14H2. The fourth-order valence-corrected chi connectivity index (χ4v) is 7.25. The summed E-state index contributed by atoms with van der Waals surface area (Å²) in [7, 11) is 0. The molecule has 0 unspecified atom stereocenters. The van der Waals surface area contributed by atoms with Gasteiger partial charge in [0.05, 0.1) is 9.81 Å². The van der Waals surface area contributed by atoms with Crippen LogP contribution in [0.2, 0.25) is 0 Å². The summed E-state index contributed by atoms with van der Waals surface area (Å²) in [6.07, 6.45) is 6.01. The maximum Gasteiger partial charge on any atom is 0.267 e. The van der Waals surface area contributed by atoms with Crippen molar-refractivity contribution >= 4 is 80.2 Å². The minimum atomic E-state index is -0.298. The molecular formula is C22H28N4O4S4. The minimum absolute atomic E-state index is 0.118. The van der Waals surface area contributed by atoms with E-state index in [2.05, 4.69) is 0 Å². The lowest BCUT2D eigenvalue weighted by molar-refractivity contribution is -0.131. The molecule has 4 rings (SSSR count). The van der Waals surface area contributed by atoms with Crippen molar-refractivity contribution < 1.29 is 19.2 Å². The molecule has 0 atom stereocenters. The first-order chi connectivity index (χ1) is 16.4. The van der Waals surface area contributed by atoms with Gasteiger partial charge in [0.1, 0.15) is 8.64 Å². The van der Waals surface area contributed by atoms with Gasteiger partial charge in [-0.1, -0.05) is 48.0 Å². The summed E-state index contributed by atoms with van der Waals surface area (Å²) >= 11 is 13.0. The van der Waals surface area contributed by atoms with Crippen LogP contribution < -0.4 is 0 Å². The maximum absolute atomic E-state index is 13.0. The summed E-state index contributed by atoms with van der Waals surface area (Å²) in [5.74, 6) is -0.360. The van der Waals surface area contributed by atoms with Gasteiger partial charge in [0.25, 0.3) is 11.8 Å². The second-order valence-corrected chi connectivity index (χ2v) is 12.0. The van der Waals surface area contributed by atoms with Crippen LogP contribution >= 0.6 is 48.0 Å². The molecule has 0 aliphatic carbocycles. The second-order valence-electron chi connectivity index (χ2n) is 8.69. The van der Waals surface area contributed by atoms with Crippen molar-refractivity contribution in [2.75, 3.05) is 39.3 Å². The summed E-state index contributed by atoms with van der Waals surface area (Å²) < 4.78 is 0.796. The van der Waals surface area contributed by atoms with Crippen LogP contribution in [0.4, 0.5) is 0 Å². The Labute approximate surface area is 218 Å². The monoisotopic (exact) mass is 540 g/mol. The molecule has 0 aromatic rings. The molecule has 0 saturated carbocycles. The van der Waals surface area contributed by atoms with Crippen LogP contribution in [0.3, 0.4) is 0 Å². The Morgan fingerprint density at radius 2 is 1.03 bits per heavy atom. The molecule has 4 saturated heterocycles. The van der Waals surface area contributed by atoms with Gasteiger partial charge in [0.2, 0.25) is 11.8 Å². The lowest BCUT2D eigenvalue weighted by atomic mass is 10.2.